The Labute approximate surface area is 43.2 Å². The topological polar surface area (TPSA) is 17.1 Å². The van der Waals surface area contributed by atoms with Crippen molar-refractivity contribution in [2.45, 2.75) is 13.8 Å². The summed E-state index contributed by atoms with van der Waals surface area (Å²) in [5.74, 6) is 0.0278. The molecule has 2 heteroatoms. The second kappa shape index (κ2) is 2.13. The van der Waals surface area contributed by atoms with Crippen LogP contribution in [0.1, 0.15) is 13.8 Å². The van der Waals surface area contributed by atoms with Crippen molar-refractivity contribution in [1.82, 2.24) is 0 Å². The molecule has 0 aromatic heterocycles. The highest BCUT2D eigenvalue weighted by atomic mass is 32.1. The van der Waals surface area contributed by atoms with Gasteiger partial charge >= 0.3 is 0 Å². The molecular weight excluding hydrogens is 96.1 g/mol. The van der Waals surface area contributed by atoms with Crippen molar-refractivity contribution in [3.8, 4) is 0 Å². The van der Waals surface area contributed by atoms with Gasteiger partial charge in [-0.05, 0) is 5.92 Å². The fourth-order valence-electron chi connectivity index (χ4n) is 0. The molecule has 0 bridgehead atoms. The molecule has 0 aliphatic heterocycles. The molecule has 0 aliphatic carbocycles. The fourth-order valence-corrected chi connectivity index (χ4v) is 0. The SMILES string of the molecule is CC(C)C(=O)[S-]. The lowest BCUT2D eigenvalue weighted by atomic mass is 10.3. The quantitative estimate of drug-likeness (QED) is 0.455. The minimum atomic E-state index is -0.157. The van der Waals surface area contributed by atoms with E-state index < -0.39 is 0 Å². The number of rotatable bonds is 1. The minimum Gasteiger partial charge on any atom is -0.742 e. The largest absolute Gasteiger partial charge is 0.742 e. The molecule has 0 radical (unpaired) electrons. The molecule has 36 valence electrons. The van der Waals surface area contributed by atoms with Crippen LogP contribution in [0.2, 0.25) is 0 Å². The first-order valence-electron chi connectivity index (χ1n) is 1.85. The van der Waals surface area contributed by atoms with Crippen molar-refractivity contribution in [3.63, 3.8) is 0 Å². The predicted molar refractivity (Wildman–Crippen MR) is 27.2 cm³/mol. The van der Waals surface area contributed by atoms with Gasteiger partial charge in [-0.2, -0.15) is 0 Å². The van der Waals surface area contributed by atoms with Crippen LogP contribution in [0.15, 0.2) is 0 Å². The lowest BCUT2D eigenvalue weighted by molar-refractivity contribution is -0.113. The van der Waals surface area contributed by atoms with E-state index in [0.29, 0.717) is 0 Å². The van der Waals surface area contributed by atoms with Crippen molar-refractivity contribution in [1.29, 1.82) is 0 Å². The van der Waals surface area contributed by atoms with Crippen molar-refractivity contribution in [2.75, 3.05) is 0 Å². The van der Waals surface area contributed by atoms with Gasteiger partial charge in [-0.3, -0.25) is 0 Å². The van der Waals surface area contributed by atoms with Crippen LogP contribution < -0.4 is 0 Å². The van der Waals surface area contributed by atoms with E-state index in [1.165, 1.54) is 0 Å². The standard InChI is InChI=1S/C4H8OS/c1-3(2)4(5)6/h3H,1-2H3,(H,5,6)/p-1. The molecule has 0 aliphatic rings. The Morgan fingerprint density at radius 3 is 1.83 bits per heavy atom. The van der Waals surface area contributed by atoms with Gasteiger partial charge in [0.05, 0.1) is 0 Å². The normalized spacial score (nSPS) is 9.17. The Kier molecular flexibility index (Phi) is 2.09. The summed E-state index contributed by atoms with van der Waals surface area (Å²) >= 11 is 4.26. The molecular formula is C4H7OS-. The summed E-state index contributed by atoms with van der Waals surface area (Å²) in [5, 5.41) is -0.157. The number of carbonyl (C=O) groups is 1. The number of hydrogen-bond acceptors (Lipinski definition) is 2. The summed E-state index contributed by atoms with van der Waals surface area (Å²) in [6.45, 7) is 3.57. The van der Waals surface area contributed by atoms with Gasteiger partial charge in [-0.1, -0.05) is 13.8 Å². The Morgan fingerprint density at radius 1 is 1.67 bits per heavy atom. The monoisotopic (exact) mass is 103 g/mol. The minimum absolute atomic E-state index is 0.0278. The first kappa shape index (κ1) is 5.89. The smallest absolute Gasteiger partial charge is 0.0145 e. The molecule has 0 unspecified atom stereocenters. The van der Waals surface area contributed by atoms with Gasteiger partial charge in [0.25, 0.3) is 0 Å². The predicted octanol–water partition coefficient (Wildman–Crippen LogP) is 0.716. The van der Waals surface area contributed by atoms with E-state index in [2.05, 4.69) is 12.6 Å². The van der Waals surface area contributed by atoms with Crippen LogP contribution in [0.4, 0.5) is 0 Å². The van der Waals surface area contributed by atoms with E-state index in [0.717, 1.165) is 0 Å². The maximum atomic E-state index is 9.96. The zero-order chi connectivity index (χ0) is 5.15. The molecule has 0 fully saturated rings. The highest BCUT2D eigenvalue weighted by molar-refractivity contribution is 7.77. The average molecular weight is 103 g/mol. The molecule has 0 saturated heterocycles. The lowest BCUT2D eigenvalue weighted by Crippen LogP contribution is -1.99. The van der Waals surface area contributed by atoms with Crippen LogP contribution in [0.5, 0.6) is 0 Å². The van der Waals surface area contributed by atoms with Crippen molar-refractivity contribution in [2.24, 2.45) is 5.92 Å². The van der Waals surface area contributed by atoms with Gasteiger partial charge in [0.1, 0.15) is 0 Å². The van der Waals surface area contributed by atoms with Gasteiger partial charge in [0.15, 0.2) is 0 Å². The molecule has 0 spiro atoms. The summed E-state index contributed by atoms with van der Waals surface area (Å²) in [7, 11) is 0. The van der Waals surface area contributed by atoms with E-state index in [1.807, 2.05) is 0 Å². The summed E-state index contributed by atoms with van der Waals surface area (Å²) < 4.78 is 0. The van der Waals surface area contributed by atoms with E-state index in [-0.39, 0.29) is 11.0 Å². The average Bonchev–Trinajstić information content (AvgIpc) is 1.36. The first-order valence-corrected chi connectivity index (χ1v) is 2.26. The third kappa shape index (κ3) is 2.15. The van der Waals surface area contributed by atoms with E-state index >= 15 is 0 Å². The maximum absolute atomic E-state index is 9.96. The lowest BCUT2D eigenvalue weighted by Gasteiger charge is -2.03. The fraction of sp³-hybridized carbons (Fsp3) is 0.750. The molecule has 0 aromatic carbocycles. The van der Waals surface area contributed by atoms with Gasteiger partial charge in [0, 0.05) is 5.12 Å². The second-order valence-electron chi connectivity index (χ2n) is 1.47. The zero-order valence-corrected chi connectivity index (χ0v) is 4.71. The molecule has 0 aromatic rings. The van der Waals surface area contributed by atoms with Crippen LogP contribution in [0, 0.1) is 5.92 Å². The first-order chi connectivity index (χ1) is 2.64. The third-order valence-electron chi connectivity index (χ3n) is 0.471. The second-order valence-corrected chi connectivity index (χ2v) is 1.88. The van der Waals surface area contributed by atoms with Crippen LogP contribution >= 0.6 is 0 Å². The number of carbonyl (C=O) groups excluding carboxylic acids is 1. The van der Waals surface area contributed by atoms with E-state index in [9.17, 15) is 4.79 Å². The van der Waals surface area contributed by atoms with Gasteiger partial charge < -0.3 is 17.4 Å². The molecule has 0 rings (SSSR count). The highest BCUT2D eigenvalue weighted by Gasteiger charge is 1.86. The molecule has 6 heavy (non-hydrogen) atoms. The van der Waals surface area contributed by atoms with Crippen LogP contribution in [-0.4, -0.2) is 5.12 Å². The zero-order valence-electron chi connectivity index (χ0n) is 3.89. The molecule has 0 atom stereocenters. The molecule has 0 amide bonds. The van der Waals surface area contributed by atoms with Crippen molar-refractivity contribution < 1.29 is 4.79 Å². The molecule has 0 saturated carbocycles. The van der Waals surface area contributed by atoms with Gasteiger partial charge in [-0.15, -0.1) is 0 Å². The van der Waals surface area contributed by atoms with Crippen molar-refractivity contribution >= 4 is 17.7 Å². The summed E-state index contributed by atoms with van der Waals surface area (Å²) in [6, 6.07) is 0. The van der Waals surface area contributed by atoms with E-state index in [4.69, 9.17) is 0 Å². The molecule has 0 N–H and O–H groups in total. The Balaban J connectivity index is 3.26. The Bertz CT molecular complexity index is 58.6. The highest BCUT2D eigenvalue weighted by Crippen LogP contribution is 1.88. The van der Waals surface area contributed by atoms with Crippen LogP contribution in [0.25, 0.3) is 0 Å². The Hall–Kier alpha value is -0.110. The maximum Gasteiger partial charge on any atom is 0.0145 e. The van der Waals surface area contributed by atoms with Crippen LogP contribution in [-0.2, 0) is 17.4 Å². The number of hydrogen-bond donors (Lipinski definition) is 0. The molecule has 0 heterocycles. The van der Waals surface area contributed by atoms with Gasteiger partial charge in [0.2, 0.25) is 0 Å². The van der Waals surface area contributed by atoms with Crippen LogP contribution in [0.3, 0.4) is 0 Å². The summed E-state index contributed by atoms with van der Waals surface area (Å²) in [6.07, 6.45) is 0. The third-order valence-corrected chi connectivity index (χ3v) is 0.943. The summed E-state index contributed by atoms with van der Waals surface area (Å²) in [5.41, 5.74) is 0. The van der Waals surface area contributed by atoms with E-state index in [1.54, 1.807) is 13.8 Å². The van der Waals surface area contributed by atoms with Crippen molar-refractivity contribution in [3.05, 3.63) is 0 Å². The Morgan fingerprint density at radius 2 is 1.83 bits per heavy atom. The molecule has 1 nitrogen and oxygen atoms in total. The van der Waals surface area contributed by atoms with Gasteiger partial charge in [-0.25, -0.2) is 0 Å². The summed E-state index contributed by atoms with van der Waals surface area (Å²) in [4.78, 5) is 9.96.